The largest absolute Gasteiger partial charge is 0.334 e. The third kappa shape index (κ3) is 4.40. The highest BCUT2D eigenvalue weighted by Gasteiger charge is 2.18. The van der Waals surface area contributed by atoms with Crippen LogP contribution in [0.4, 0.5) is 4.79 Å². The summed E-state index contributed by atoms with van der Waals surface area (Å²) in [5.41, 5.74) is 4.62. The molecule has 0 saturated heterocycles. The number of hydrogen-bond acceptors (Lipinski definition) is 5. The zero-order chi connectivity index (χ0) is 20.1. The minimum absolute atomic E-state index is 0.0452. The minimum Gasteiger partial charge on any atom is -0.334 e. The van der Waals surface area contributed by atoms with Gasteiger partial charge in [-0.3, -0.25) is 10.1 Å². The number of fused-ring (bicyclic) bond motifs is 1. The Morgan fingerprint density at radius 2 is 2.00 bits per heavy atom. The van der Waals surface area contributed by atoms with E-state index >= 15 is 0 Å². The van der Waals surface area contributed by atoms with Crippen LogP contribution >= 0.6 is 11.8 Å². The van der Waals surface area contributed by atoms with Gasteiger partial charge in [0.15, 0.2) is 5.16 Å². The summed E-state index contributed by atoms with van der Waals surface area (Å²) in [5, 5.41) is 9.95. The molecule has 0 fully saturated rings. The topological polar surface area (TPSA) is 88.4 Å². The van der Waals surface area contributed by atoms with Crippen LogP contribution in [0.15, 0.2) is 54.2 Å². The van der Waals surface area contributed by atoms with E-state index in [4.69, 9.17) is 4.98 Å². The van der Waals surface area contributed by atoms with Crippen molar-refractivity contribution in [3.05, 3.63) is 60.3 Å². The van der Waals surface area contributed by atoms with Gasteiger partial charge in [0.2, 0.25) is 5.91 Å². The lowest BCUT2D eigenvalue weighted by atomic mass is 10.1. The minimum atomic E-state index is -0.548. The van der Waals surface area contributed by atoms with Crippen LogP contribution in [-0.2, 0) is 4.79 Å². The van der Waals surface area contributed by atoms with Gasteiger partial charge in [-0.15, -0.1) is 6.58 Å². The normalized spacial score (nSPS) is 10.6. The van der Waals surface area contributed by atoms with E-state index < -0.39 is 11.9 Å². The fourth-order valence-corrected chi connectivity index (χ4v) is 3.54. The molecular weight excluding hydrogens is 374 g/mol. The molecule has 3 amide bonds. The van der Waals surface area contributed by atoms with Crippen molar-refractivity contribution >= 4 is 29.2 Å². The predicted molar refractivity (Wildman–Crippen MR) is 110 cm³/mol. The van der Waals surface area contributed by atoms with Gasteiger partial charge in [0.1, 0.15) is 0 Å². The van der Waals surface area contributed by atoms with Gasteiger partial charge in [0.05, 0.1) is 22.7 Å². The van der Waals surface area contributed by atoms with Gasteiger partial charge in [-0.25, -0.2) is 14.3 Å². The molecule has 3 rings (SSSR count). The Hall–Kier alpha value is -3.13. The number of aryl methyl sites for hydroxylation is 2. The summed E-state index contributed by atoms with van der Waals surface area (Å²) in [5.74, 6) is -0.363. The van der Waals surface area contributed by atoms with Gasteiger partial charge in [-0.2, -0.15) is 5.10 Å². The second kappa shape index (κ2) is 8.71. The third-order valence-electron chi connectivity index (χ3n) is 3.92. The lowest BCUT2D eigenvalue weighted by molar-refractivity contribution is -0.117. The van der Waals surface area contributed by atoms with Gasteiger partial charge in [-0.1, -0.05) is 48.2 Å². The monoisotopic (exact) mass is 395 g/mol. The lowest BCUT2D eigenvalue weighted by Gasteiger charge is -2.05. The summed E-state index contributed by atoms with van der Waals surface area (Å²) < 4.78 is 1.77. The van der Waals surface area contributed by atoms with E-state index in [1.165, 1.54) is 17.8 Å². The zero-order valence-electron chi connectivity index (χ0n) is 15.7. The predicted octanol–water partition coefficient (Wildman–Crippen LogP) is 3.12. The van der Waals surface area contributed by atoms with Crippen LogP contribution in [0, 0.1) is 13.8 Å². The van der Waals surface area contributed by atoms with Crippen molar-refractivity contribution in [2.45, 2.75) is 19.0 Å². The Bertz CT molecular complexity index is 1030. The first-order chi connectivity index (χ1) is 13.5. The van der Waals surface area contributed by atoms with Gasteiger partial charge in [0.25, 0.3) is 0 Å². The van der Waals surface area contributed by atoms with Crippen molar-refractivity contribution < 1.29 is 9.59 Å². The molecule has 144 valence electrons. The number of carbonyl (C=O) groups is 2. The number of benzene rings is 1. The molecule has 0 aliphatic heterocycles. The van der Waals surface area contributed by atoms with Crippen LogP contribution in [0.25, 0.3) is 16.8 Å². The molecule has 28 heavy (non-hydrogen) atoms. The van der Waals surface area contributed by atoms with Crippen molar-refractivity contribution in [3.63, 3.8) is 0 Å². The number of carbonyl (C=O) groups excluding carboxylic acids is 2. The quantitative estimate of drug-likeness (QED) is 0.495. The molecule has 2 aromatic heterocycles. The zero-order valence-corrected chi connectivity index (χ0v) is 16.5. The Kier molecular flexibility index (Phi) is 6.10. The van der Waals surface area contributed by atoms with Crippen molar-refractivity contribution in [1.82, 2.24) is 25.2 Å². The highest BCUT2D eigenvalue weighted by Crippen LogP contribution is 2.30. The molecule has 8 heteroatoms. The standard InChI is InChI=1S/C20H21N5O2S/c1-4-10-21-19(27)22-16(26)12-28-20-23-17(15-8-6-5-7-9-15)18-13(2)11-14(3)24-25(18)20/h4-9,11H,1,10,12H2,2-3H3,(H2,21,22,26,27). The maximum Gasteiger partial charge on any atom is 0.321 e. The number of nitrogens with zero attached hydrogens (tertiary/aromatic N) is 3. The average molecular weight is 395 g/mol. The van der Waals surface area contributed by atoms with Gasteiger partial charge < -0.3 is 5.32 Å². The molecule has 0 aliphatic carbocycles. The molecule has 7 nitrogen and oxygen atoms in total. The van der Waals surface area contributed by atoms with Gasteiger partial charge in [0, 0.05) is 12.1 Å². The van der Waals surface area contributed by atoms with E-state index in [-0.39, 0.29) is 5.75 Å². The first kappa shape index (κ1) is 19.6. The Balaban J connectivity index is 1.86. The molecule has 2 N–H and O–H groups in total. The molecule has 0 atom stereocenters. The highest BCUT2D eigenvalue weighted by molar-refractivity contribution is 7.99. The molecule has 0 saturated carbocycles. The number of nitrogens with one attached hydrogen (secondary N) is 2. The highest BCUT2D eigenvalue weighted by atomic mass is 32.2. The van der Waals surface area contributed by atoms with E-state index in [0.29, 0.717) is 11.7 Å². The summed E-state index contributed by atoms with van der Waals surface area (Å²) in [6.45, 7) is 7.73. The summed E-state index contributed by atoms with van der Waals surface area (Å²) in [6, 6.07) is 11.3. The van der Waals surface area contributed by atoms with Crippen molar-refractivity contribution in [1.29, 1.82) is 0 Å². The number of thioether (sulfide) groups is 1. The number of imidazole rings is 1. The number of rotatable bonds is 6. The first-order valence-electron chi connectivity index (χ1n) is 8.73. The summed E-state index contributed by atoms with van der Waals surface area (Å²) in [7, 11) is 0. The lowest BCUT2D eigenvalue weighted by Crippen LogP contribution is -2.40. The van der Waals surface area contributed by atoms with Crippen LogP contribution in [0.2, 0.25) is 0 Å². The SMILES string of the molecule is C=CCNC(=O)NC(=O)CSc1nc(-c2ccccc2)c2c(C)cc(C)nn12. The van der Waals surface area contributed by atoms with Crippen LogP contribution in [0.1, 0.15) is 11.3 Å². The Labute approximate surface area is 167 Å². The Morgan fingerprint density at radius 1 is 1.25 bits per heavy atom. The summed E-state index contributed by atoms with van der Waals surface area (Å²) >= 11 is 1.23. The molecule has 3 aromatic rings. The molecule has 2 heterocycles. The molecule has 0 spiro atoms. The maximum atomic E-state index is 12.1. The van der Waals surface area contributed by atoms with E-state index in [0.717, 1.165) is 28.0 Å². The molecule has 0 radical (unpaired) electrons. The van der Waals surface area contributed by atoms with E-state index in [1.807, 2.05) is 50.2 Å². The van der Waals surface area contributed by atoms with E-state index in [1.54, 1.807) is 4.52 Å². The van der Waals surface area contributed by atoms with E-state index in [2.05, 4.69) is 22.3 Å². The molecule has 0 unspecified atom stereocenters. The van der Waals surface area contributed by atoms with Crippen LogP contribution < -0.4 is 10.6 Å². The molecule has 1 aromatic carbocycles. The van der Waals surface area contributed by atoms with Crippen LogP contribution in [0.3, 0.4) is 0 Å². The number of amides is 3. The van der Waals surface area contributed by atoms with Crippen LogP contribution in [0.5, 0.6) is 0 Å². The second-order valence-electron chi connectivity index (χ2n) is 6.17. The van der Waals surface area contributed by atoms with E-state index in [9.17, 15) is 9.59 Å². The molecular formula is C20H21N5O2S. The van der Waals surface area contributed by atoms with Crippen LogP contribution in [-0.4, -0.2) is 38.8 Å². The van der Waals surface area contributed by atoms with Gasteiger partial charge in [-0.05, 0) is 25.5 Å². The number of imide groups is 1. The fourth-order valence-electron chi connectivity index (χ4n) is 2.80. The maximum absolute atomic E-state index is 12.1. The number of urea groups is 1. The smallest absolute Gasteiger partial charge is 0.321 e. The average Bonchev–Trinajstić information content (AvgIpc) is 3.04. The van der Waals surface area contributed by atoms with Crippen molar-refractivity contribution in [2.75, 3.05) is 12.3 Å². The summed E-state index contributed by atoms with van der Waals surface area (Å²) in [6.07, 6.45) is 1.54. The molecule has 0 bridgehead atoms. The number of aromatic nitrogens is 3. The molecule has 0 aliphatic rings. The van der Waals surface area contributed by atoms with Gasteiger partial charge >= 0.3 is 6.03 Å². The summed E-state index contributed by atoms with van der Waals surface area (Å²) in [4.78, 5) is 28.4. The second-order valence-corrected chi connectivity index (χ2v) is 7.12. The number of hydrogen-bond donors (Lipinski definition) is 2. The van der Waals surface area contributed by atoms with Crippen molar-refractivity contribution in [2.24, 2.45) is 0 Å². The first-order valence-corrected chi connectivity index (χ1v) is 9.72. The fraction of sp³-hybridized carbons (Fsp3) is 0.200. The third-order valence-corrected chi connectivity index (χ3v) is 4.85. The van der Waals surface area contributed by atoms with Crippen molar-refractivity contribution in [3.8, 4) is 11.3 Å². The Morgan fingerprint density at radius 3 is 2.71 bits per heavy atom.